The van der Waals surface area contributed by atoms with Crippen LogP contribution in [0.4, 0.5) is 5.69 Å². The number of nitrogens with zero attached hydrogens (tertiary/aromatic N) is 3. The Morgan fingerprint density at radius 2 is 1.81 bits per heavy atom. The predicted octanol–water partition coefficient (Wildman–Crippen LogP) is 3.47. The molecule has 1 saturated heterocycles. The van der Waals surface area contributed by atoms with E-state index in [1.165, 1.54) is 32.4 Å². The molecule has 0 saturated carbocycles. The van der Waals surface area contributed by atoms with Crippen LogP contribution in [0.15, 0.2) is 47.0 Å². The normalized spacial score (nSPS) is 15.8. The highest BCUT2D eigenvalue weighted by atomic mass is 16.5. The molecule has 36 heavy (non-hydrogen) atoms. The second-order valence-electron chi connectivity index (χ2n) is 8.73. The fourth-order valence-corrected chi connectivity index (χ4v) is 4.24. The molecule has 4 rings (SSSR count). The van der Waals surface area contributed by atoms with Crippen LogP contribution in [0.25, 0.3) is 11.4 Å². The number of carbonyl (C=O) groups is 3. The maximum absolute atomic E-state index is 13.1. The molecule has 1 fully saturated rings. The summed E-state index contributed by atoms with van der Waals surface area (Å²) in [5.74, 6) is -0.716. The number of aromatic nitrogens is 2. The molecule has 0 radical (unpaired) electrons. The first-order valence-corrected chi connectivity index (χ1v) is 11.6. The summed E-state index contributed by atoms with van der Waals surface area (Å²) in [6.45, 7) is 3.75. The van der Waals surface area contributed by atoms with Crippen molar-refractivity contribution in [1.82, 2.24) is 15.0 Å². The summed E-state index contributed by atoms with van der Waals surface area (Å²) in [5.41, 5.74) is 2.60. The Hall–Kier alpha value is -4.05. The molecule has 1 aromatic heterocycles. The van der Waals surface area contributed by atoms with Crippen LogP contribution in [-0.4, -0.2) is 60.2 Å². The van der Waals surface area contributed by atoms with Gasteiger partial charge in [0.05, 0.1) is 37.8 Å². The molecule has 10 heteroatoms. The smallest absolute Gasteiger partial charge is 0.337 e. The highest BCUT2D eigenvalue weighted by Gasteiger charge is 2.27. The minimum atomic E-state index is -0.621. The van der Waals surface area contributed by atoms with E-state index in [1.54, 1.807) is 0 Å². The number of carbonyl (C=O) groups excluding carboxylic acids is 3. The van der Waals surface area contributed by atoms with E-state index < -0.39 is 11.9 Å². The zero-order valence-electron chi connectivity index (χ0n) is 20.4. The number of nitrogens with one attached hydrogen (secondary N) is 1. The van der Waals surface area contributed by atoms with E-state index in [0.717, 1.165) is 24.1 Å². The SMILES string of the molecule is COC(=O)c1cc(NC(=O)C2CCCN(Cc3nc(-c4cccc(C)c4)no3)C2)cc(C(=O)OC)c1. The van der Waals surface area contributed by atoms with Crippen molar-refractivity contribution in [3.8, 4) is 11.4 Å². The van der Waals surface area contributed by atoms with E-state index in [2.05, 4.69) is 20.4 Å². The number of rotatable bonds is 7. The third-order valence-electron chi connectivity index (χ3n) is 6.02. The second-order valence-corrected chi connectivity index (χ2v) is 8.73. The Labute approximate surface area is 208 Å². The van der Waals surface area contributed by atoms with Crippen molar-refractivity contribution >= 4 is 23.5 Å². The Morgan fingerprint density at radius 3 is 2.47 bits per heavy atom. The van der Waals surface area contributed by atoms with Crippen molar-refractivity contribution in [3.63, 3.8) is 0 Å². The average Bonchev–Trinajstić information content (AvgIpc) is 3.36. The van der Waals surface area contributed by atoms with Crippen LogP contribution in [-0.2, 0) is 20.8 Å². The number of anilines is 1. The fraction of sp³-hybridized carbons (Fsp3) is 0.346. The molecule has 0 bridgehead atoms. The topological polar surface area (TPSA) is 124 Å². The van der Waals surface area contributed by atoms with Gasteiger partial charge in [0.1, 0.15) is 0 Å². The van der Waals surface area contributed by atoms with E-state index in [1.807, 2.05) is 31.2 Å². The molecular weight excluding hydrogens is 464 g/mol. The molecule has 1 N–H and O–H groups in total. The molecule has 1 amide bonds. The predicted molar refractivity (Wildman–Crippen MR) is 130 cm³/mol. The van der Waals surface area contributed by atoms with Crippen molar-refractivity contribution in [1.29, 1.82) is 0 Å². The van der Waals surface area contributed by atoms with Gasteiger partial charge in [-0.2, -0.15) is 4.98 Å². The van der Waals surface area contributed by atoms with Crippen LogP contribution < -0.4 is 5.32 Å². The molecule has 1 aliphatic rings. The van der Waals surface area contributed by atoms with Gasteiger partial charge in [0.15, 0.2) is 0 Å². The van der Waals surface area contributed by atoms with E-state index in [9.17, 15) is 14.4 Å². The number of piperidine rings is 1. The number of methoxy groups -OCH3 is 2. The fourth-order valence-electron chi connectivity index (χ4n) is 4.24. The summed E-state index contributed by atoms with van der Waals surface area (Å²) < 4.78 is 15.0. The standard InChI is InChI=1S/C26H28N4O6/c1-16-6-4-7-17(10-16)23-28-22(36-29-23)15-30-9-5-8-18(14-30)24(31)27-21-12-19(25(32)34-2)11-20(13-21)26(33)35-3/h4,6-7,10-13,18H,5,8-9,14-15H2,1-3H3,(H,27,31). The summed E-state index contributed by atoms with van der Waals surface area (Å²) in [4.78, 5) is 43.7. The van der Waals surface area contributed by atoms with E-state index in [-0.39, 0.29) is 23.0 Å². The van der Waals surface area contributed by atoms with Gasteiger partial charge in [-0.05, 0) is 50.6 Å². The van der Waals surface area contributed by atoms with Crippen LogP contribution in [0, 0.1) is 12.8 Å². The lowest BCUT2D eigenvalue weighted by atomic mass is 9.97. The minimum Gasteiger partial charge on any atom is -0.465 e. The van der Waals surface area contributed by atoms with Gasteiger partial charge in [-0.3, -0.25) is 9.69 Å². The molecular formula is C26H28N4O6. The van der Waals surface area contributed by atoms with E-state index >= 15 is 0 Å². The summed E-state index contributed by atoms with van der Waals surface area (Å²) in [5, 5.41) is 6.93. The first kappa shape index (κ1) is 25.1. The summed E-state index contributed by atoms with van der Waals surface area (Å²) in [6.07, 6.45) is 1.54. The van der Waals surface area contributed by atoms with E-state index in [4.69, 9.17) is 14.0 Å². The number of hydrogen-bond acceptors (Lipinski definition) is 9. The zero-order chi connectivity index (χ0) is 25.7. The molecule has 1 atom stereocenters. The first-order valence-electron chi connectivity index (χ1n) is 11.6. The molecule has 2 aromatic carbocycles. The lowest BCUT2D eigenvalue weighted by Gasteiger charge is -2.30. The third-order valence-corrected chi connectivity index (χ3v) is 6.02. The summed E-state index contributed by atoms with van der Waals surface area (Å²) in [6, 6.07) is 12.2. The molecule has 1 unspecified atom stereocenters. The van der Waals surface area contributed by atoms with Crippen molar-refractivity contribution in [2.45, 2.75) is 26.3 Å². The molecule has 2 heterocycles. The second kappa shape index (κ2) is 11.1. The maximum Gasteiger partial charge on any atom is 0.337 e. The van der Waals surface area contributed by atoms with Gasteiger partial charge in [-0.1, -0.05) is 28.9 Å². The molecule has 0 spiro atoms. The summed E-state index contributed by atoms with van der Waals surface area (Å²) >= 11 is 0. The number of likely N-dealkylation sites (tertiary alicyclic amines) is 1. The molecule has 3 aromatic rings. The van der Waals surface area contributed by atoms with Crippen LogP contribution in [0.2, 0.25) is 0 Å². The van der Waals surface area contributed by atoms with Gasteiger partial charge in [0.2, 0.25) is 17.6 Å². The Balaban J connectivity index is 1.42. The Morgan fingerprint density at radius 1 is 1.08 bits per heavy atom. The average molecular weight is 493 g/mol. The van der Waals surface area contributed by atoms with Crippen LogP contribution in [0.5, 0.6) is 0 Å². The maximum atomic E-state index is 13.1. The van der Waals surface area contributed by atoms with E-state index in [0.29, 0.717) is 36.9 Å². The largest absolute Gasteiger partial charge is 0.465 e. The number of esters is 2. The number of ether oxygens (including phenoxy) is 2. The quantitative estimate of drug-likeness (QED) is 0.494. The van der Waals surface area contributed by atoms with Crippen LogP contribution >= 0.6 is 0 Å². The highest BCUT2D eigenvalue weighted by molar-refractivity contribution is 6.00. The van der Waals surface area contributed by atoms with Crippen LogP contribution in [0.3, 0.4) is 0 Å². The van der Waals surface area contributed by atoms with Crippen molar-refractivity contribution in [2.24, 2.45) is 5.92 Å². The molecule has 0 aliphatic carbocycles. The Kier molecular flexibility index (Phi) is 7.74. The van der Waals surface area contributed by atoms with Gasteiger partial charge in [-0.15, -0.1) is 0 Å². The van der Waals surface area contributed by atoms with Crippen LogP contribution in [0.1, 0.15) is 45.0 Å². The summed E-state index contributed by atoms with van der Waals surface area (Å²) in [7, 11) is 2.49. The van der Waals surface area contributed by atoms with Gasteiger partial charge in [-0.25, -0.2) is 9.59 Å². The van der Waals surface area contributed by atoms with Crippen molar-refractivity contribution < 1.29 is 28.4 Å². The zero-order valence-corrected chi connectivity index (χ0v) is 20.4. The van der Waals surface area contributed by atoms with Crippen molar-refractivity contribution in [2.75, 3.05) is 32.6 Å². The lowest BCUT2D eigenvalue weighted by Crippen LogP contribution is -2.40. The Bertz CT molecular complexity index is 1240. The highest BCUT2D eigenvalue weighted by Crippen LogP contribution is 2.23. The van der Waals surface area contributed by atoms with Gasteiger partial charge in [0, 0.05) is 17.8 Å². The van der Waals surface area contributed by atoms with Gasteiger partial charge < -0.3 is 19.3 Å². The number of aryl methyl sites for hydroxylation is 1. The molecule has 188 valence electrons. The number of hydrogen-bond donors (Lipinski definition) is 1. The first-order chi connectivity index (χ1) is 17.4. The number of benzene rings is 2. The third kappa shape index (κ3) is 5.95. The number of amides is 1. The monoisotopic (exact) mass is 492 g/mol. The van der Waals surface area contributed by atoms with Gasteiger partial charge in [0.25, 0.3) is 0 Å². The van der Waals surface area contributed by atoms with Crippen molar-refractivity contribution in [3.05, 3.63) is 65.0 Å². The molecule has 1 aliphatic heterocycles. The van der Waals surface area contributed by atoms with Gasteiger partial charge >= 0.3 is 11.9 Å². The molecule has 10 nitrogen and oxygen atoms in total. The minimum absolute atomic E-state index is 0.141. The lowest BCUT2D eigenvalue weighted by molar-refractivity contribution is -0.121.